The van der Waals surface area contributed by atoms with Crippen LogP contribution in [0.3, 0.4) is 0 Å². The van der Waals surface area contributed by atoms with Crippen molar-refractivity contribution in [2.24, 2.45) is 4.99 Å². The van der Waals surface area contributed by atoms with E-state index in [2.05, 4.69) is 40.9 Å². The number of carbonyl (C=O) groups is 1. The summed E-state index contributed by atoms with van der Waals surface area (Å²) in [5.41, 5.74) is 1.84. The molecule has 6 heteroatoms. The van der Waals surface area contributed by atoms with E-state index in [0.29, 0.717) is 5.56 Å². The average Bonchev–Trinajstić information content (AvgIpc) is 2.76. The molecule has 0 radical (unpaired) electrons. The van der Waals surface area contributed by atoms with Gasteiger partial charge in [-0.3, -0.25) is 9.79 Å². The van der Waals surface area contributed by atoms with Crippen LogP contribution in [-0.4, -0.2) is 63.1 Å². The Morgan fingerprint density at radius 3 is 2.72 bits per heavy atom. The van der Waals surface area contributed by atoms with Crippen molar-refractivity contribution in [2.75, 3.05) is 40.3 Å². The molecular formula is C23H39N5O. The number of aliphatic imine (C=N–C) groups is 1. The summed E-state index contributed by atoms with van der Waals surface area (Å²) < 4.78 is 0. The van der Waals surface area contributed by atoms with Gasteiger partial charge in [0.25, 0.3) is 5.91 Å². The quantitative estimate of drug-likeness (QED) is 0.320. The Kier molecular flexibility index (Phi) is 10.6. The van der Waals surface area contributed by atoms with Gasteiger partial charge in [-0.2, -0.15) is 0 Å². The molecule has 1 aromatic rings. The Hall–Kier alpha value is -2.08. The number of hydrogen-bond donors (Lipinski definition) is 3. The summed E-state index contributed by atoms with van der Waals surface area (Å²) >= 11 is 0. The molecule has 1 fully saturated rings. The predicted molar refractivity (Wildman–Crippen MR) is 122 cm³/mol. The zero-order chi connectivity index (χ0) is 20.9. The van der Waals surface area contributed by atoms with E-state index in [0.717, 1.165) is 56.6 Å². The Balaban J connectivity index is 1.73. The first-order valence-corrected chi connectivity index (χ1v) is 11.2. The molecule has 1 aliphatic rings. The number of nitrogens with zero attached hydrogens (tertiary/aromatic N) is 2. The van der Waals surface area contributed by atoms with Gasteiger partial charge in [-0.15, -0.1) is 0 Å². The summed E-state index contributed by atoms with van der Waals surface area (Å²) in [5.74, 6) is 0.822. The maximum absolute atomic E-state index is 11.8. The normalized spacial score (nSPS) is 15.4. The van der Waals surface area contributed by atoms with Gasteiger partial charge in [0.2, 0.25) is 0 Å². The fourth-order valence-electron chi connectivity index (χ4n) is 3.89. The van der Waals surface area contributed by atoms with E-state index in [-0.39, 0.29) is 5.91 Å². The van der Waals surface area contributed by atoms with Crippen LogP contribution in [-0.2, 0) is 6.42 Å². The molecule has 1 saturated carbocycles. The van der Waals surface area contributed by atoms with E-state index in [1.165, 1.54) is 32.1 Å². The van der Waals surface area contributed by atoms with Crippen LogP contribution in [0, 0.1) is 0 Å². The molecular weight excluding hydrogens is 362 g/mol. The zero-order valence-electron chi connectivity index (χ0n) is 18.5. The molecule has 29 heavy (non-hydrogen) atoms. The van der Waals surface area contributed by atoms with Crippen molar-refractivity contribution < 1.29 is 4.79 Å². The number of hydrogen-bond acceptors (Lipinski definition) is 3. The van der Waals surface area contributed by atoms with Crippen molar-refractivity contribution >= 4 is 11.9 Å². The highest BCUT2D eigenvalue weighted by molar-refractivity contribution is 5.94. The summed E-state index contributed by atoms with van der Waals surface area (Å²) in [5, 5.41) is 9.40. The number of carbonyl (C=O) groups excluding carboxylic acids is 1. The molecule has 1 aromatic carbocycles. The molecule has 0 saturated heterocycles. The van der Waals surface area contributed by atoms with Crippen LogP contribution < -0.4 is 16.0 Å². The first-order chi connectivity index (χ1) is 14.1. The number of guanidine groups is 1. The van der Waals surface area contributed by atoms with Gasteiger partial charge >= 0.3 is 0 Å². The number of nitrogens with one attached hydrogen (secondary N) is 3. The molecule has 6 nitrogen and oxygen atoms in total. The lowest BCUT2D eigenvalue weighted by Crippen LogP contribution is -2.38. The minimum atomic E-state index is -0.0482. The fraction of sp³-hybridized carbons (Fsp3) is 0.652. The second-order valence-corrected chi connectivity index (χ2v) is 7.84. The maximum Gasteiger partial charge on any atom is 0.251 e. The van der Waals surface area contributed by atoms with Gasteiger partial charge in [0.15, 0.2) is 5.96 Å². The number of rotatable bonds is 10. The molecule has 162 valence electrons. The topological polar surface area (TPSA) is 68.8 Å². The molecule has 1 amide bonds. The molecule has 1 aliphatic carbocycles. The highest BCUT2D eigenvalue weighted by Crippen LogP contribution is 2.21. The van der Waals surface area contributed by atoms with Gasteiger partial charge in [0.1, 0.15) is 0 Å². The van der Waals surface area contributed by atoms with Crippen molar-refractivity contribution in [3.63, 3.8) is 0 Å². The van der Waals surface area contributed by atoms with E-state index in [1.807, 2.05) is 18.2 Å². The van der Waals surface area contributed by atoms with Gasteiger partial charge in [0, 0.05) is 38.3 Å². The van der Waals surface area contributed by atoms with Gasteiger partial charge in [0.05, 0.1) is 0 Å². The maximum atomic E-state index is 11.8. The molecule has 0 unspecified atom stereocenters. The number of amides is 1. The van der Waals surface area contributed by atoms with Crippen molar-refractivity contribution in [2.45, 2.75) is 57.9 Å². The Morgan fingerprint density at radius 1 is 1.21 bits per heavy atom. The van der Waals surface area contributed by atoms with Gasteiger partial charge in [-0.1, -0.05) is 31.4 Å². The summed E-state index contributed by atoms with van der Waals surface area (Å²) in [6.07, 6.45) is 8.80. The minimum Gasteiger partial charge on any atom is -0.357 e. The van der Waals surface area contributed by atoms with Crippen LogP contribution in [0.4, 0.5) is 0 Å². The standard InChI is InChI=1S/C23H39N5O/c1-4-25-23(26-15-9-17-28(3)21-12-6-5-7-13-21)27-16-14-19-10-8-11-20(18-19)22(29)24-2/h8,10-11,18,21H,4-7,9,12-17H2,1-3H3,(H,24,29)(H2,25,26,27). The van der Waals surface area contributed by atoms with Crippen LogP contribution in [0.5, 0.6) is 0 Å². The first-order valence-electron chi connectivity index (χ1n) is 11.2. The summed E-state index contributed by atoms with van der Waals surface area (Å²) in [4.78, 5) is 19.0. The van der Waals surface area contributed by atoms with Crippen molar-refractivity contribution in [3.8, 4) is 0 Å². The number of benzene rings is 1. The Bertz CT molecular complexity index is 640. The second-order valence-electron chi connectivity index (χ2n) is 7.84. The lowest BCUT2D eigenvalue weighted by atomic mass is 9.94. The third kappa shape index (κ3) is 8.44. The van der Waals surface area contributed by atoms with E-state index in [9.17, 15) is 4.79 Å². The summed E-state index contributed by atoms with van der Waals surface area (Å²) in [7, 11) is 3.92. The van der Waals surface area contributed by atoms with E-state index in [1.54, 1.807) is 7.05 Å². The lowest BCUT2D eigenvalue weighted by Gasteiger charge is -2.31. The first kappa shape index (κ1) is 23.2. The fourth-order valence-corrected chi connectivity index (χ4v) is 3.89. The van der Waals surface area contributed by atoms with Gasteiger partial charge < -0.3 is 20.9 Å². The summed E-state index contributed by atoms with van der Waals surface area (Å²) in [6.45, 7) is 5.66. The van der Waals surface area contributed by atoms with E-state index in [4.69, 9.17) is 4.99 Å². The summed E-state index contributed by atoms with van der Waals surface area (Å²) in [6, 6.07) is 8.54. The van der Waals surface area contributed by atoms with Gasteiger partial charge in [-0.05, 0) is 63.9 Å². The molecule has 2 rings (SSSR count). The van der Waals surface area contributed by atoms with E-state index < -0.39 is 0 Å². The molecule has 0 heterocycles. The highest BCUT2D eigenvalue weighted by Gasteiger charge is 2.17. The molecule has 0 aliphatic heterocycles. The third-order valence-electron chi connectivity index (χ3n) is 5.60. The van der Waals surface area contributed by atoms with Crippen LogP contribution in [0.25, 0.3) is 0 Å². The second kappa shape index (κ2) is 13.2. The molecule has 0 atom stereocenters. The van der Waals surface area contributed by atoms with E-state index >= 15 is 0 Å². The predicted octanol–water partition coefficient (Wildman–Crippen LogP) is 2.80. The molecule has 3 N–H and O–H groups in total. The van der Waals surface area contributed by atoms with Crippen LogP contribution in [0.2, 0.25) is 0 Å². The van der Waals surface area contributed by atoms with Crippen molar-refractivity contribution in [3.05, 3.63) is 35.4 Å². The van der Waals surface area contributed by atoms with Crippen LogP contribution >= 0.6 is 0 Å². The Morgan fingerprint density at radius 2 is 2.00 bits per heavy atom. The Labute approximate surface area is 176 Å². The zero-order valence-corrected chi connectivity index (χ0v) is 18.5. The third-order valence-corrected chi connectivity index (χ3v) is 5.60. The largest absolute Gasteiger partial charge is 0.357 e. The molecule has 0 bridgehead atoms. The smallest absolute Gasteiger partial charge is 0.251 e. The highest BCUT2D eigenvalue weighted by atomic mass is 16.1. The van der Waals surface area contributed by atoms with Crippen LogP contribution in [0.15, 0.2) is 29.3 Å². The lowest BCUT2D eigenvalue weighted by molar-refractivity contribution is 0.0963. The molecule has 0 aromatic heterocycles. The average molecular weight is 402 g/mol. The minimum absolute atomic E-state index is 0.0482. The SMILES string of the molecule is CCNC(=NCCCN(C)C1CCCCC1)NCCc1cccc(C(=O)NC)c1. The van der Waals surface area contributed by atoms with Crippen LogP contribution in [0.1, 0.15) is 61.4 Å². The monoisotopic (exact) mass is 401 g/mol. The van der Waals surface area contributed by atoms with Crippen molar-refractivity contribution in [1.29, 1.82) is 0 Å². The van der Waals surface area contributed by atoms with Gasteiger partial charge in [-0.25, -0.2) is 0 Å². The molecule has 0 spiro atoms. The van der Waals surface area contributed by atoms with Crippen molar-refractivity contribution in [1.82, 2.24) is 20.9 Å².